The van der Waals surface area contributed by atoms with Crippen molar-refractivity contribution in [2.24, 2.45) is 11.3 Å². The van der Waals surface area contributed by atoms with Crippen molar-refractivity contribution in [3.63, 3.8) is 0 Å². The molecule has 0 atom stereocenters. The summed E-state index contributed by atoms with van der Waals surface area (Å²) in [5, 5.41) is 8.31. The Morgan fingerprint density at radius 3 is 2.67 bits per heavy atom. The molecule has 1 aromatic rings. The molecule has 0 unspecified atom stereocenters. The van der Waals surface area contributed by atoms with Crippen molar-refractivity contribution >= 4 is 11.3 Å². The highest BCUT2D eigenvalue weighted by molar-refractivity contribution is 7.07. The highest BCUT2D eigenvalue weighted by Crippen LogP contribution is 2.42. The van der Waals surface area contributed by atoms with Crippen molar-refractivity contribution in [3.8, 4) is 0 Å². The predicted octanol–water partition coefficient (Wildman–Crippen LogP) is 5.66. The van der Waals surface area contributed by atoms with Crippen LogP contribution in [-0.2, 0) is 6.42 Å². The van der Waals surface area contributed by atoms with Crippen LogP contribution in [0.4, 0.5) is 0 Å². The van der Waals surface area contributed by atoms with Crippen LogP contribution >= 0.6 is 11.3 Å². The molecule has 0 spiro atoms. The van der Waals surface area contributed by atoms with Gasteiger partial charge in [-0.25, -0.2) is 0 Å². The Morgan fingerprint density at radius 1 is 1.33 bits per heavy atom. The minimum atomic E-state index is 0.508. The largest absolute Gasteiger partial charge is 0.314 e. The lowest BCUT2D eigenvalue weighted by atomic mass is 9.66. The van der Waals surface area contributed by atoms with E-state index in [0.29, 0.717) is 11.5 Å². The average Bonchev–Trinajstić information content (AvgIpc) is 2.97. The molecule has 2 rings (SSSR count). The Labute approximate surface area is 135 Å². The van der Waals surface area contributed by atoms with Gasteiger partial charge in [-0.15, -0.1) is 0 Å². The first-order valence-electron chi connectivity index (χ1n) is 8.88. The second-order valence-corrected chi connectivity index (χ2v) is 8.21. The Balaban J connectivity index is 1.94. The Kier molecular flexibility index (Phi) is 6.75. The van der Waals surface area contributed by atoms with Crippen LogP contribution in [0.15, 0.2) is 16.8 Å². The molecule has 0 aliphatic heterocycles. The zero-order valence-electron chi connectivity index (χ0n) is 14.2. The monoisotopic (exact) mass is 307 g/mol. The maximum Gasteiger partial charge on any atom is 0.00134 e. The number of thiophene rings is 1. The van der Waals surface area contributed by atoms with Crippen LogP contribution in [0, 0.1) is 11.3 Å². The molecule has 1 aliphatic carbocycles. The van der Waals surface area contributed by atoms with E-state index < -0.39 is 0 Å². The number of unbranched alkanes of at least 4 members (excludes halogenated alkanes) is 1. The molecule has 0 saturated heterocycles. The topological polar surface area (TPSA) is 12.0 Å². The van der Waals surface area contributed by atoms with E-state index >= 15 is 0 Å². The van der Waals surface area contributed by atoms with E-state index in [9.17, 15) is 0 Å². The summed E-state index contributed by atoms with van der Waals surface area (Å²) >= 11 is 1.84. The van der Waals surface area contributed by atoms with E-state index in [0.717, 1.165) is 5.92 Å². The van der Waals surface area contributed by atoms with Crippen molar-refractivity contribution in [2.45, 2.75) is 78.2 Å². The summed E-state index contributed by atoms with van der Waals surface area (Å²) < 4.78 is 0. The standard InChI is InChI=1S/C19H33NS/c1-4-5-6-17-7-10-19(11-8-17,15-20-16(2)3)13-18-9-12-21-14-18/h9,12,14,16-17,20H,4-8,10-11,13,15H2,1-3H3. The molecule has 0 aromatic carbocycles. The highest BCUT2D eigenvalue weighted by atomic mass is 32.1. The molecule has 1 N–H and O–H groups in total. The number of rotatable bonds is 8. The molecular formula is C19H33NS. The molecule has 1 saturated carbocycles. The van der Waals surface area contributed by atoms with Gasteiger partial charge in [0.25, 0.3) is 0 Å². The molecule has 1 nitrogen and oxygen atoms in total. The Morgan fingerprint density at radius 2 is 2.10 bits per heavy atom. The van der Waals surface area contributed by atoms with Crippen LogP contribution in [0.5, 0.6) is 0 Å². The van der Waals surface area contributed by atoms with Gasteiger partial charge in [-0.1, -0.05) is 40.0 Å². The van der Waals surface area contributed by atoms with Crippen molar-refractivity contribution in [1.29, 1.82) is 0 Å². The molecule has 1 aromatic heterocycles. The van der Waals surface area contributed by atoms with E-state index in [4.69, 9.17) is 0 Å². The fourth-order valence-corrected chi connectivity index (χ4v) is 4.40. The summed E-state index contributed by atoms with van der Waals surface area (Å²) in [6, 6.07) is 2.92. The van der Waals surface area contributed by atoms with Gasteiger partial charge in [-0.3, -0.25) is 0 Å². The first kappa shape index (κ1) is 17.0. The normalized spacial score (nSPS) is 26.4. The summed E-state index contributed by atoms with van der Waals surface area (Å²) in [5.74, 6) is 1.000. The number of hydrogen-bond acceptors (Lipinski definition) is 2. The van der Waals surface area contributed by atoms with E-state index in [1.54, 1.807) is 5.56 Å². The van der Waals surface area contributed by atoms with E-state index in [1.807, 2.05) is 11.3 Å². The summed E-state index contributed by atoms with van der Waals surface area (Å²) in [6.07, 6.45) is 11.2. The fraction of sp³-hybridized carbons (Fsp3) is 0.789. The summed E-state index contributed by atoms with van der Waals surface area (Å²) in [4.78, 5) is 0. The molecule has 21 heavy (non-hydrogen) atoms. The molecule has 1 heterocycles. The first-order valence-corrected chi connectivity index (χ1v) is 9.82. The quantitative estimate of drug-likeness (QED) is 0.654. The zero-order valence-corrected chi connectivity index (χ0v) is 15.0. The molecule has 0 bridgehead atoms. The van der Waals surface area contributed by atoms with Crippen LogP contribution in [-0.4, -0.2) is 12.6 Å². The zero-order chi connectivity index (χ0) is 15.1. The van der Waals surface area contributed by atoms with Crippen LogP contribution in [0.1, 0.15) is 71.3 Å². The fourth-order valence-electron chi connectivity index (χ4n) is 3.73. The Hall–Kier alpha value is -0.340. The number of nitrogens with one attached hydrogen (secondary N) is 1. The van der Waals surface area contributed by atoms with E-state index in [-0.39, 0.29) is 0 Å². The number of hydrogen-bond donors (Lipinski definition) is 1. The summed E-state index contributed by atoms with van der Waals surface area (Å²) in [7, 11) is 0. The maximum atomic E-state index is 3.73. The molecule has 120 valence electrons. The minimum absolute atomic E-state index is 0.508. The third-order valence-corrected chi connectivity index (χ3v) is 5.91. The second-order valence-electron chi connectivity index (χ2n) is 7.43. The van der Waals surface area contributed by atoms with Crippen molar-refractivity contribution in [1.82, 2.24) is 5.32 Å². The predicted molar refractivity (Wildman–Crippen MR) is 95.1 cm³/mol. The van der Waals surface area contributed by atoms with Gasteiger partial charge in [0.2, 0.25) is 0 Å². The van der Waals surface area contributed by atoms with Gasteiger partial charge in [-0.05, 0) is 65.8 Å². The van der Waals surface area contributed by atoms with Crippen LogP contribution in [0.25, 0.3) is 0 Å². The van der Waals surface area contributed by atoms with Gasteiger partial charge in [0.1, 0.15) is 0 Å². The van der Waals surface area contributed by atoms with Crippen molar-refractivity contribution < 1.29 is 0 Å². The second kappa shape index (κ2) is 8.33. The SMILES string of the molecule is CCCCC1CCC(CNC(C)C)(Cc2ccsc2)CC1. The highest BCUT2D eigenvalue weighted by Gasteiger charge is 2.35. The van der Waals surface area contributed by atoms with Crippen LogP contribution in [0.2, 0.25) is 0 Å². The van der Waals surface area contributed by atoms with Gasteiger partial charge in [-0.2, -0.15) is 11.3 Å². The van der Waals surface area contributed by atoms with Crippen LogP contribution in [0.3, 0.4) is 0 Å². The lowest BCUT2D eigenvalue weighted by Gasteiger charge is -2.41. The van der Waals surface area contributed by atoms with Crippen molar-refractivity contribution in [2.75, 3.05) is 6.54 Å². The van der Waals surface area contributed by atoms with Crippen LogP contribution < -0.4 is 5.32 Å². The first-order chi connectivity index (χ1) is 10.1. The van der Waals surface area contributed by atoms with E-state index in [2.05, 4.69) is 42.9 Å². The third-order valence-electron chi connectivity index (χ3n) is 5.18. The molecule has 1 fully saturated rings. The summed E-state index contributed by atoms with van der Waals surface area (Å²) in [5.41, 5.74) is 2.06. The summed E-state index contributed by atoms with van der Waals surface area (Å²) in [6.45, 7) is 8.05. The van der Waals surface area contributed by atoms with Gasteiger partial charge in [0, 0.05) is 12.6 Å². The van der Waals surface area contributed by atoms with Gasteiger partial charge in [0.05, 0.1) is 0 Å². The molecule has 0 amide bonds. The third kappa shape index (κ3) is 5.41. The minimum Gasteiger partial charge on any atom is -0.314 e. The van der Waals surface area contributed by atoms with Gasteiger partial charge >= 0.3 is 0 Å². The maximum absolute atomic E-state index is 3.73. The average molecular weight is 308 g/mol. The molecule has 1 aliphatic rings. The van der Waals surface area contributed by atoms with Gasteiger partial charge in [0.15, 0.2) is 0 Å². The van der Waals surface area contributed by atoms with Gasteiger partial charge < -0.3 is 5.32 Å². The lowest BCUT2D eigenvalue weighted by molar-refractivity contribution is 0.135. The Bertz CT molecular complexity index is 374. The molecular weight excluding hydrogens is 274 g/mol. The smallest absolute Gasteiger partial charge is 0.00134 e. The lowest BCUT2D eigenvalue weighted by Crippen LogP contribution is -2.41. The molecule has 2 heteroatoms. The van der Waals surface area contributed by atoms with E-state index in [1.165, 1.54) is 57.9 Å². The molecule has 0 radical (unpaired) electrons. The van der Waals surface area contributed by atoms with Crippen molar-refractivity contribution in [3.05, 3.63) is 22.4 Å².